The Bertz CT molecular complexity index is 389. The Balaban J connectivity index is 2.64. The second-order valence-corrected chi connectivity index (χ2v) is 4.45. The third-order valence-corrected chi connectivity index (χ3v) is 2.90. The molecule has 4 nitrogen and oxygen atoms in total. The molecule has 0 saturated heterocycles. The summed E-state index contributed by atoms with van der Waals surface area (Å²) >= 11 is 0. The number of carboxylic acids is 1. The van der Waals surface area contributed by atoms with Crippen molar-refractivity contribution in [2.24, 2.45) is 0 Å². The fraction of sp³-hybridized carbons (Fsp3) is 0.500. The Morgan fingerprint density at radius 1 is 1.33 bits per heavy atom. The van der Waals surface area contributed by atoms with Gasteiger partial charge in [0, 0.05) is 0 Å². The Morgan fingerprint density at radius 2 is 1.94 bits per heavy atom. The first-order valence-electron chi connectivity index (χ1n) is 6.22. The van der Waals surface area contributed by atoms with Gasteiger partial charge in [-0.3, -0.25) is 10.1 Å². The van der Waals surface area contributed by atoms with Gasteiger partial charge in [0.2, 0.25) is 0 Å². The van der Waals surface area contributed by atoms with Crippen LogP contribution in [0, 0.1) is 0 Å². The average Bonchev–Trinajstić information content (AvgIpc) is 2.37. The zero-order valence-corrected chi connectivity index (χ0v) is 11.2. The average molecular weight is 251 g/mol. The van der Waals surface area contributed by atoms with Crippen molar-refractivity contribution < 1.29 is 14.6 Å². The summed E-state index contributed by atoms with van der Waals surface area (Å²) in [6, 6.07) is 7.71. The van der Waals surface area contributed by atoms with Crippen LogP contribution in [-0.4, -0.2) is 29.8 Å². The van der Waals surface area contributed by atoms with Crippen molar-refractivity contribution in [3.8, 4) is 5.75 Å². The molecule has 1 rings (SSSR count). The normalized spacial score (nSPS) is 13.9. The first kappa shape index (κ1) is 14.5. The van der Waals surface area contributed by atoms with Crippen molar-refractivity contribution in [3.63, 3.8) is 0 Å². The van der Waals surface area contributed by atoms with E-state index in [1.54, 1.807) is 6.92 Å². The lowest BCUT2D eigenvalue weighted by Crippen LogP contribution is -2.53. The van der Waals surface area contributed by atoms with E-state index in [2.05, 4.69) is 12.2 Å². The molecule has 1 atom stereocenters. The van der Waals surface area contributed by atoms with Crippen LogP contribution in [0.3, 0.4) is 0 Å². The Morgan fingerprint density at radius 3 is 2.39 bits per heavy atom. The molecule has 18 heavy (non-hydrogen) atoms. The summed E-state index contributed by atoms with van der Waals surface area (Å²) in [5, 5.41) is 12.1. The van der Waals surface area contributed by atoms with Crippen LogP contribution in [0.5, 0.6) is 5.75 Å². The van der Waals surface area contributed by atoms with Crippen molar-refractivity contribution in [1.82, 2.24) is 5.32 Å². The molecule has 100 valence electrons. The lowest BCUT2D eigenvalue weighted by atomic mass is 10.0. The highest BCUT2D eigenvalue weighted by Crippen LogP contribution is 2.15. The number of aliphatic carboxylic acids is 1. The third-order valence-electron chi connectivity index (χ3n) is 2.90. The second-order valence-electron chi connectivity index (χ2n) is 4.45. The molecule has 0 spiro atoms. The summed E-state index contributed by atoms with van der Waals surface area (Å²) in [6.07, 6.45) is 0.977. The van der Waals surface area contributed by atoms with E-state index in [1.807, 2.05) is 31.2 Å². The summed E-state index contributed by atoms with van der Waals surface area (Å²) in [6.45, 7) is 6.27. The molecule has 1 unspecified atom stereocenters. The smallest absolute Gasteiger partial charge is 0.327 e. The van der Waals surface area contributed by atoms with Crippen molar-refractivity contribution in [1.29, 1.82) is 0 Å². The molecule has 0 aliphatic heterocycles. The molecule has 1 aromatic carbocycles. The third kappa shape index (κ3) is 3.74. The lowest BCUT2D eigenvalue weighted by Gasteiger charge is -2.25. The van der Waals surface area contributed by atoms with Gasteiger partial charge in [0.25, 0.3) is 0 Å². The second kappa shape index (κ2) is 6.40. The summed E-state index contributed by atoms with van der Waals surface area (Å²) in [5.41, 5.74) is 0.174. The molecule has 1 aromatic rings. The largest absolute Gasteiger partial charge is 0.491 e. The van der Waals surface area contributed by atoms with Crippen LogP contribution in [-0.2, 0) is 11.2 Å². The number of benzene rings is 1. The van der Waals surface area contributed by atoms with Gasteiger partial charge in [-0.05, 0) is 37.6 Å². The van der Waals surface area contributed by atoms with Gasteiger partial charge in [0.15, 0.2) is 0 Å². The van der Waals surface area contributed by atoms with Gasteiger partial charge in [0.1, 0.15) is 17.9 Å². The lowest BCUT2D eigenvalue weighted by molar-refractivity contribution is -0.145. The molecule has 0 amide bonds. The quantitative estimate of drug-likeness (QED) is 0.779. The van der Waals surface area contributed by atoms with E-state index < -0.39 is 11.5 Å². The number of nitrogens with one attached hydrogen (secondary N) is 1. The van der Waals surface area contributed by atoms with Crippen LogP contribution in [0.15, 0.2) is 24.3 Å². The van der Waals surface area contributed by atoms with E-state index in [4.69, 9.17) is 4.74 Å². The van der Waals surface area contributed by atoms with Crippen LogP contribution >= 0.6 is 0 Å². The monoisotopic (exact) mass is 251 g/mol. The van der Waals surface area contributed by atoms with Gasteiger partial charge in [-0.1, -0.05) is 26.0 Å². The number of ether oxygens (including phenoxy) is 1. The summed E-state index contributed by atoms with van der Waals surface area (Å²) in [4.78, 5) is 11.2. The van der Waals surface area contributed by atoms with Gasteiger partial charge in [-0.15, -0.1) is 0 Å². The number of carbonyl (C=O) groups is 1. The van der Waals surface area contributed by atoms with Crippen molar-refractivity contribution >= 4 is 5.97 Å². The highest BCUT2D eigenvalue weighted by molar-refractivity contribution is 5.78. The first-order valence-corrected chi connectivity index (χ1v) is 6.22. The molecule has 0 radical (unpaired) electrons. The minimum absolute atomic E-state index is 0.0989. The van der Waals surface area contributed by atoms with Crippen LogP contribution in [0.4, 0.5) is 0 Å². The number of aryl methyl sites for hydroxylation is 1. The van der Waals surface area contributed by atoms with Gasteiger partial charge in [0.05, 0.1) is 0 Å². The van der Waals surface area contributed by atoms with Gasteiger partial charge in [-0.25, -0.2) is 0 Å². The molecule has 0 aromatic heterocycles. The molecule has 0 saturated carbocycles. The van der Waals surface area contributed by atoms with E-state index in [-0.39, 0.29) is 6.61 Å². The maximum absolute atomic E-state index is 11.2. The van der Waals surface area contributed by atoms with Crippen molar-refractivity contribution in [2.75, 3.05) is 13.2 Å². The van der Waals surface area contributed by atoms with E-state index in [1.165, 1.54) is 5.56 Å². The topological polar surface area (TPSA) is 58.6 Å². The fourth-order valence-electron chi connectivity index (χ4n) is 1.63. The van der Waals surface area contributed by atoms with E-state index in [0.717, 1.165) is 6.42 Å². The Hall–Kier alpha value is -1.55. The number of hydrogen-bond acceptors (Lipinski definition) is 3. The number of likely N-dealkylation sites (N-methyl/N-ethyl adjacent to an activating group) is 1. The fourth-order valence-corrected chi connectivity index (χ4v) is 1.63. The summed E-state index contributed by atoms with van der Waals surface area (Å²) in [5.74, 6) is -0.216. The standard InChI is InChI=1S/C14H21NO3/c1-4-11-6-8-12(9-7-11)18-10-14(3,13(16)17)15-5-2/h6-9,15H,4-5,10H2,1-3H3,(H,16,17). The molecular formula is C14H21NO3. The molecule has 0 heterocycles. The number of hydrogen-bond donors (Lipinski definition) is 2. The Labute approximate surface area is 108 Å². The minimum Gasteiger partial charge on any atom is -0.491 e. The molecular weight excluding hydrogens is 230 g/mol. The van der Waals surface area contributed by atoms with Gasteiger partial charge >= 0.3 is 5.97 Å². The van der Waals surface area contributed by atoms with Gasteiger partial charge < -0.3 is 9.84 Å². The summed E-state index contributed by atoms with van der Waals surface area (Å²) in [7, 11) is 0. The molecule has 4 heteroatoms. The highest BCUT2D eigenvalue weighted by atomic mass is 16.5. The van der Waals surface area contributed by atoms with Crippen LogP contribution in [0.25, 0.3) is 0 Å². The van der Waals surface area contributed by atoms with Gasteiger partial charge in [-0.2, -0.15) is 0 Å². The summed E-state index contributed by atoms with van der Waals surface area (Å²) < 4.78 is 5.54. The zero-order chi connectivity index (χ0) is 13.6. The SMILES string of the molecule is CCNC(C)(COc1ccc(CC)cc1)C(=O)O. The number of rotatable bonds is 7. The number of carboxylic acid groups (broad SMARTS) is 1. The highest BCUT2D eigenvalue weighted by Gasteiger charge is 2.33. The predicted molar refractivity (Wildman–Crippen MR) is 71.0 cm³/mol. The van der Waals surface area contributed by atoms with Crippen molar-refractivity contribution in [2.45, 2.75) is 32.7 Å². The van der Waals surface area contributed by atoms with Crippen molar-refractivity contribution in [3.05, 3.63) is 29.8 Å². The molecule has 0 aliphatic carbocycles. The van der Waals surface area contributed by atoms with Crippen LogP contribution in [0.1, 0.15) is 26.3 Å². The zero-order valence-electron chi connectivity index (χ0n) is 11.2. The molecule has 2 N–H and O–H groups in total. The van der Waals surface area contributed by atoms with E-state index in [9.17, 15) is 9.90 Å². The maximum Gasteiger partial charge on any atom is 0.327 e. The molecule has 0 bridgehead atoms. The van der Waals surface area contributed by atoms with E-state index >= 15 is 0 Å². The van der Waals surface area contributed by atoms with Crippen LogP contribution in [0.2, 0.25) is 0 Å². The molecule has 0 aliphatic rings. The van der Waals surface area contributed by atoms with E-state index in [0.29, 0.717) is 12.3 Å². The Kier molecular flexibility index (Phi) is 5.16. The molecule has 0 fully saturated rings. The maximum atomic E-state index is 11.2. The van der Waals surface area contributed by atoms with Crippen LogP contribution < -0.4 is 10.1 Å². The predicted octanol–water partition coefficient (Wildman–Crippen LogP) is 2.08. The minimum atomic E-state index is -1.06. The first-order chi connectivity index (χ1) is 8.51.